The van der Waals surface area contributed by atoms with Crippen molar-refractivity contribution in [1.29, 1.82) is 0 Å². The van der Waals surface area contributed by atoms with Crippen LogP contribution in [0.1, 0.15) is 25.8 Å². The fraction of sp³-hybridized carbons (Fsp3) is 0.429. The lowest BCUT2D eigenvalue weighted by Crippen LogP contribution is -2.40. The van der Waals surface area contributed by atoms with Crippen molar-refractivity contribution in [2.75, 3.05) is 5.73 Å². The summed E-state index contributed by atoms with van der Waals surface area (Å²) >= 11 is 0. The lowest BCUT2D eigenvalue weighted by Gasteiger charge is -2.17. The summed E-state index contributed by atoms with van der Waals surface area (Å²) in [7, 11) is 0. The van der Waals surface area contributed by atoms with Crippen LogP contribution in [0.2, 0.25) is 0 Å². The number of hydrogen-bond acceptors (Lipinski definition) is 3. The molecule has 0 aliphatic heterocycles. The molecule has 19 heavy (non-hydrogen) atoms. The molecule has 0 radical (unpaired) electrons. The average Bonchev–Trinajstić information content (AvgIpc) is 2.35. The Balaban J connectivity index is 2.42. The number of carbonyl (C=O) groups excluding carboxylic acids is 1. The van der Waals surface area contributed by atoms with E-state index in [1.807, 2.05) is 18.2 Å². The van der Waals surface area contributed by atoms with Gasteiger partial charge in [-0.25, -0.2) is 0 Å². The zero-order valence-electron chi connectivity index (χ0n) is 11.2. The van der Waals surface area contributed by atoms with Crippen molar-refractivity contribution in [2.24, 2.45) is 5.92 Å². The van der Waals surface area contributed by atoms with Gasteiger partial charge in [-0.05, 0) is 38.0 Å². The first-order valence-corrected chi connectivity index (χ1v) is 6.26. The molecule has 0 aromatic heterocycles. The highest BCUT2D eigenvalue weighted by molar-refractivity contribution is 5.78. The normalized spacial score (nSPS) is 13.6. The van der Waals surface area contributed by atoms with E-state index >= 15 is 0 Å². The van der Waals surface area contributed by atoms with Gasteiger partial charge in [0.15, 0.2) is 0 Å². The third kappa shape index (κ3) is 4.99. The van der Waals surface area contributed by atoms with Gasteiger partial charge in [-0.15, -0.1) is 0 Å². The van der Waals surface area contributed by atoms with E-state index in [1.54, 1.807) is 19.9 Å². The Labute approximate surface area is 112 Å². The Morgan fingerprint density at radius 2 is 2.05 bits per heavy atom. The van der Waals surface area contributed by atoms with Gasteiger partial charge in [0.2, 0.25) is 5.91 Å². The van der Waals surface area contributed by atoms with E-state index in [1.165, 1.54) is 0 Å². The van der Waals surface area contributed by atoms with Crippen molar-refractivity contribution in [3.8, 4) is 0 Å². The van der Waals surface area contributed by atoms with Gasteiger partial charge in [0, 0.05) is 18.2 Å². The maximum absolute atomic E-state index is 11.7. The third-order valence-electron chi connectivity index (χ3n) is 3.12. The number of rotatable bonds is 6. The van der Waals surface area contributed by atoms with Gasteiger partial charge >= 0.3 is 5.97 Å². The molecule has 0 spiro atoms. The molecule has 4 N–H and O–H groups in total. The highest BCUT2D eigenvalue weighted by Gasteiger charge is 2.20. The van der Waals surface area contributed by atoms with Crippen LogP contribution in [0.15, 0.2) is 24.3 Å². The number of nitrogens with two attached hydrogens (primary N) is 1. The topological polar surface area (TPSA) is 92.4 Å². The predicted octanol–water partition coefficient (Wildman–Crippen LogP) is 1.43. The van der Waals surface area contributed by atoms with Crippen molar-refractivity contribution in [1.82, 2.24) is 5.32 Å². The zero-order chi connectivity index (χ0) is 14.4. The van der Waals surface area contributed by atoms with E-state index < -0.39 is 11.9 Å². The Morgan fingerprint density at radius 3 is 2.63 bits per heavy atom. The minimum absolute atomic E-state index is 0.150. The van der Waals surface area contributed by atoms with Gasteiger partial charge in [-0.2, -0.15) is 0 Å². The maximum Gasteiger partial charge on any atom is 0.308 e. The first-order valence-electron chi connectivity index (χ1n) is 6.26. The second-order valence-corrected chi connectivity index (χ2v) is 4.73. The molecule has 0 aliphatic rings. The predicted molar refractivity (Wildman–Crippen MR) is 73.6 cm³/mol. The van der Waals surface area contributed by atoms with Crippen LogP contribution < -0.4 is 11.1 Å². The summed E-state index contributed by atoms with van der Waals surface area (Å²) in [6.45, 7) is 3.27. The quantitative estimate of drug-likeness (QED) is 0.678. The summed E-state index contributed by atoms with van der Waals surface area (Å²) in [6.07, 6.45) is 0.908. The van der Waals surface area contributed by atoms with Crippen molar-refractivity contribution < 1.29 is 14.7 Å². The number of hydrogen-bond donors (Lipinski definition) is 3. The highest BCUT2D eigenvalue weighted by atomic mass is 16.4. The Hall–Kier alpha value is -2.04. The van der Waals surface area contributed by atoms with E-state index in [0.29, 0.717) is 18.5 Å². The molecule has 1 aromatic rings. The van der Waals surface area contributed by atoms with E-state index in [0.717, 1.165) is 5.56 Å². The summed E-state index contributed by atoms with van der Waals surface area (Å²) in [5, 5.41) is 11.5. The van der Waals surface area contributed by atoms with E-state index in [2.05, 4.69) is 5.32 Å². The SMILES string of the molecule is CC(NC(=O)CCc1cccc(N)c1)C(C)C(=O)O. The van der Waals surface area contributed by atoms with Crippen LogP contribution in [-0.2, 0) is 16.0 Å². The van der Waals surface area contributed by atoms with Crippen LogP contribution in [0, 0.1) is 5.92 Å². The monoisotopic (exact) mass is 264 g/mol. The van der Waals surface area contributed by atoms with Gasteiger partial charge in [-0.3, -0.25) is 9.59 Å². The minimum Gasteiger partial charge on any atom is -0.481 e. The molecule has 2 unspecified atom stereocenters. The Morgan fingerprint density at radius 1 is 1.37 bits per heavy atom. The molecule has 0 aliphatic carbocycles. The number of carboxylic acid groups (broad SMARTS) is 1. The van der Waals surface area contributed by atoms with Crippen LogP contribution >= 0.6 is 0 Å². The smallest absolute Gasteiger partial charge is 0.308 e. The van der Waals surface area contributed by atoms with Crippen molar-refractivity contribution in [3.05, 3.63) is 29.8 Å². The summed E-state index contributed by atoms with van der Waals surface area (Å²) in [4.78, 5) is 22.5. The second-order valence-electron chi connectivity index (χ2n) is 4.73. The van der Waals surface area contributed by atoms with E-state index in [4.69, 9.17) is 10.8 Å². The summed E-state index contributed by atoms with van der Waals surface area (Å²) in [5.41, 5.74) is 7.32. The first-order chi connectivity index (χ1) is 8.90. The summed E-state index contributed by atoms with van der Waals surface area (Å²) in [5.74, 6) is -1.66. The number of nitrogen functional groups attached to an aromatic ring is 1. The number of anilines is 1. The van der Waals surface area contributed by atoms with Crippen LogP contribution in [0.5, 0.6) is 0 Å². The largest absolute Gasteiger partial charge is 0.481 e. The average molecular weight is 264 g/mol. The lowest BCUT2D eigenvalue weighted by atomic mass is 10.0. The van der Waals surface area contributed by atoms with Gasteiger partial charge < -0.3 is 16.2 Å². The molecule has 104 valence electrons. The van der Waals surface area contributed by atoms with Gasteiger partial charge in [-0.1, -0.05) is 12.1 Å². The van der Waals surface area contributed by atoms with Crippen molar-refractivity contribution in [2.45, 2.75) is 32.7 Å². The van der Waals surface area contributed by atoms with Gasteiger partial charge in [0.05, 0.1) is 5.92 Å². The van der Waals surface area contributed by atoms with Crippen LogP contribution in [-0.4, -0.2) is 23.0 Å². The molecular weight excluding hydrogens is 244 g/mol. The third-order valence-corrected chi connectivity index (χ3v) is 3.12. The Bertz CT molecular complexity index is 460. The maximum atomic E-state index is 11.7. The molecular formula is C14H20N2O3. The number of carbonyl (C=O) groups is 2. The van der Waals surface area contributed by atoms with E-state index in [9.17, 15) is 9.59 Å². The number of aliphatic carboxylic acids is 1. The molecule has 0 heterocycles. The molecule has 0 saturated carbocycles. The summed E-state index contributed by atoms with van der Waals surface area (Å²) in [6, 6.07) is 6.99. The number of aryl methyl sites for hydroxylation is 1. The molecule has 1 amide bonds. The zero-order valence-corrected chi connectivity index (χ0v) is 11.2. The van der Waals surface area contributed by atoms with Crippen LogP contribution in [0.4, 0.5) is 5.69 Å². The fourth-order valence-corrected chi connectivity index (χ4v) is 1.67. The number of carboxylic acids is 1. The van der Waals surface area contributed by atoms with Crippen LogP contribution in [0.25, 0.3) is 0 Å². The standard InChI is InChI=1S/C14H20N2O3/c1-9(14(18)19)10(2)16-13(17)7-6-11-4-3-5-12(15)8-11/h3-5,8-10H,6-7,15H2,1-2H3,(H,16,17)(H,18,19). The molecule has 1 aromatic carbocycles. The minimum atomic E-state index is -0.913. The van der Waals surface area contributed by atoms with E-state index in [-0.39, 0.29) is 11.9 Å². The molecule has 5 nitrogen and oxygen atoms in total. The number of nitrogens with one attached hydrogen (secondary N) is 1. The Kier molecular flexibility index (Phi) is 5.36. The van der Waals surface area contributed by atoms with Gasteiger partial charge in [0.1, 0.15) is 0 Å². The molecule has 1 rings (SSSR count). The summed E-state index contributed by atoms with van der Waals surface area (Å²) < 4.78 is 0. The van der Waals surface area contributed by atoms with Crippen LogP contribution in [0.3, 0.4) is 0 Å². The molecule has 5 heteroatoms. The number of benzene rings is 1. The first kappa shape index (κ1) is 15.0. The molecule has 0 saturated heterocycles. The molecule has 0 fully saturated rings. The highest BCUT2D eigenvalue weighted by Crippen LogP contribution is 2.09. The van der Waals surface area contributed by atoms with Gasteiger partial charge in [0.25, 0.3) is 0 Å². The molecule has 2 atom stereocenters. The van der Waals surface area contributed by atoms with Crippen molar-refractivity contribution in [3.63, 3.8) is 0 Å². The lowest BCUT2D eigenvalue weighted by molar-refractivity contribution is -0.142. The second kappa shape index (κ2) is 6.78. The number of amides is 1. The molecule has 0 bridgehead atoms. The van der Waals surface area contributed by atoms with Crippen molar-refractivity contribution >= 4 is 17.6 Å². The fourth-order valence-electron chi connectivity index (χ4n) is 1.67.